The van der Waals surface area contributed by atoms with Crippen LogP contribution in [0, 0.1) is 5.82 Å². The normalized spacial score (nSPS) is 14.9. The van der Waals surface area contributed by atoms with Crippen molar-refractivity contribution < 1.29 is 13.9 Å². The van der Waals surface area contributed by atoms with Crippen LogP contribution >= 0.6 is 0 Å². The number of carbonyl (C=O) groups excluding carboxylic acids is 1. The van der Waals surface area contributed by atoms with Crippen LogP contribution in [0.3, 0.4) is 0 Å². The van der Waals surface area contributed by atoms with Crippen molar-refractivity contribution in [1.29, 1.82) is 0 Å². The molecule has 6 heteroatoms. The number of aromatic nitrogens is 1. The topological polar surface area (TPSA) is 54.5 Å². The predicted molar refractivity (Wildman–Crippen MR) is 128 cm³/mol. The molecule has 1 fully saturated rings. The smallest absolute Gasteiger partial charge is 0.253 e. The average molecular weight is 448 g/mol. The zero-order valence-electron chi connectivity index (χ0n) is 19.1. The zero-order chi connectivity index (χ0) is 23.2. The van der Waals surface area contributed by atoms with Gasteiger partial charge in [0, 0.05) is 37.4 Å². The van der Waals surface area contributed by atoms with Crippen molar-refractivity contribution in [3.63, 3.8) is 0 Å². The van der Waals surface area contributed by atoms with Crippen LogP contribution in [0.15, 0.2) is 66.9 Å². The molecule has 1 aliphatic heterocycles. The second-order valence-corrected chi connectivity index (χ2v) is 8.78. The van der Waals surface area contributed by atoms with Crippen molar-refractivity contribution in [3.8, 4) is 17.0 Å². The fraction of sp³-hybridized carbons (Fsp3) is 0.333. The fourth-order valence-corrected chi connectivity index (χ4v) is 4.05. The van der Waals surface area contributed by atoms with Gasteiger partial charge in [-0.15, -0.1) is 0 Å². The summed E-state index contributed by atoms with van der Waals surface area (Å²) < 4.78 is 19.1. The van der Waals surface area contributed by atoms with E-state index in [1.54, 1.807) is 30.5 Å². The number of nitrogens with zero attached hydrogens (tertiary/aromatic N) is 2. The van der Waals surface area contributed by atoms with Crippen LogP contribution in [0.2, 0.25) is 0 Å². The summed E-state index contributed by atoms with van der Waals surface area (Å²) in [5.41, 5.74) is 3.11. The number of nitrogens with one attached hydrogen (secondary N) is 1. The van der Waals surface area contributed by atoms with Gasteiger partial charge in [0.25, 0.3) is 5.91 Å². The van der Waals surface area contributed by atoms with Gasteiger partial charge in [-0.3, -0.25) is 14.7 Å². The highest BCUT2D eigenvalue weighted by Gasteiger charge is 2.21. The third-order valence-corrected chi connectivity index (χ3v) is 5.77. The van der Waals surface area contributed by atoms with E-state index in [1.165, 1.54) is 17.7 Å². The van der Waals surface area contributed by atoms with Gasteiger partial charge in [-0.25, -0.2) is 4.39 Å². The standard InChI is InChI=1S/C27H30FN3O2/c1-19(2)33-25-9-6-20(7-10-25)18-31-14-12-24(13-15-31)30-27(32)22-8-11-26(29-17-22)21-4-3-5-23(28)16-21/h3-11,16-17,19,24H,12-15,18H2,1-2H3,(H,30,32). The number of likely N-dealkylation sites (tertiary alicyclic amines) is 1. The van der Waals surface area contributed by atoms with Crippen LogP contribution in [0.4, 0.5) is 4.39 Å². The lowest BCUT2D eigenvalue weighted by Gasteiger charge is -2.32. The highest BCUT2D eigenvalue weighted by Crippen LogP contribution is 2.20. The molecule has 2 aromatic carbocycles. The molecule has 1 N–H and O–H groups in total. The summed E-state index contributed by atoms with van der Waals surface area (Å²) in [4.78, 5) is 19.4. The number of hydrogen-bond acceptors (Lipinski definition) is 4. The summed E-state index contributed by atoms with van der Waals surface area (Å²) in [7, 11) is 0. The SMILES string of the molecule is CC(C)Oc1ccc(CN2CCC(NC(=O)c3ccc(-c4cccc(F)c4)nc3)CC2)cc1. The molecule has 4 rings (SSSR count). The molecule has 1 saturated heterocycles. The molecule has 0 spiro atoms. The third-order valence-electron chi connectivity index (χ3n) is 5.77. The van der Waals surface area contributed by atoms with E-state index in [0.717, 1.165) is 38.2 Å². The van der Waals surface area contributed by atoms with E-state index in [1.807, 2.05) is 26.0 Å². The Morgan fingerprint density at radius 2 is 1.88 bits per heavy atom. The van der Waals surface area contributed by atoms with Gasteiger partial charge in [-0.05, 0) is 68.7 Å². The monoisotopic (exact) mass is 447 g/mol. The van der Waals surface area contributed by atoms with Crippen LogP contribution in [0.5, 0.6) is 5.75 Å². The predicted octanol–water partition coefficient (Wildman–Crippen LogP) is 5.07. The summed E-state index contributed by atoms with van der Waals surface area (Å²) in [6, 6.07) is 18.2. The molecule has 3 aromatic rings. The quantitative estimate of drug-likeness (QED) is 0.550. The van der Waals surface area contributed by atoms with Crippen molar-refractivity contribution in [3.05, 3.63) is 83.8 Å². The molecule has 1 amide bonds. The number of hydrogen-bond donors (Lipinski definition) is 1. The van der Waals surface area contributed by atoms with Crippen LogP contribution < -0.4 is 10.1 Å². The van der Waals surface area contributed by atoms with Crippen molar-refractivity contribution >= 4 is 5.91 Å². The first kappa shape index (κ1) is 22.9. The van der Waals surface area contributed by atoms with Gasteiger partial charge >= 0.3 is 0 Å². The van der Waals surface area contributed by atoms with E-state index in [9.17, 15) is 9.18 Å². The van der Waals surface area contributed by atoms with Crippen molar-refractivity contribution in [2.45, 2.75) is 45.4 Å². The Bertz CT molecular complexity index is 1060. The highest BCUT2D eigenvalue weighted by molar-refractivity contribution is 5.94. The fourth-order valence-electron chi connectivity index (χ4n) is 4.05. The molecule has 2 heterocycles. The Labute approximate surface area is 194 Å². The first-order chi connectivity index (χ1) is 16.0. The molecule has 0 aliphatic carbocycles. The Morgan fingerprint density at radius 1 is 1.12 bits per heavy atom. The summed E-state index contributed by atoms with van der Waals surface area (Å²) in [6.07, 6.45) is 3.55. The van der Waals surface area contributed by atoms with E-state index < -0.39 is 0 Å². The van der Waals surface area contributed by atoms with E-state index in [2.05, 4.69) is 27.3 Å². The van der Waals surface area contributed by atoms with Gasteiger partial charge in [0.2, 0.25) is 0 Å². The minimum absolute atomic E-state index is 0.118. The molecular formula is C27H30FN3O2. The Morgan fingerprint density at radius 3 is 2.52 bits per heavy atom. The van der Waals surface area contributed by atoms with Crippen LogP contribution in [-0.4, -0.2) is 41.0 Å². The maximum Gasteiger partial charge on any atom is 0.253 e. The maximum absolute atomic E-state index is 13.4. The lowest BCUT2D eigenvalue weighted by Crippen LogP contribution is -2.44. The maximum atomic E-state index is 13.4. The zero-order valence-corrected chi connectivity index (χ0v) is 19.1. The van der Waals surface area contributed by atoms with Crippen molar-refractivity contribution in [2.75, 3.05) is 13.1 Å². The lowest BCUT2D eigenvalue weighted by molar-refractivity contribution is 0.0908. The lowest BCUT2D eigenvalue weighted by atomic mass is 10.0. The minimum Gasteiger partial charge on any atom is -0.491 e. The van der Waals surface area contributed by atoms with Gasteiger partial charge in [0.05, 0.1) is 17.4 Å². The van der Waals surface area contributed by atoms with Crippen LogP contribution in [-0.2, 0) is 6.54 Å². The molecule has 0 saturated carbocycles. The molecule has 33 heavy (non-hydrogen) atoms. The van der Waals surface area contributed by atoms with E-state index in [4.69, 9.17) is 4.74 Å². The van der Waals surface area contributed by atoms with Gasteiger partial charge in [-0.2, -0.15) is 0 Å². The van der Waals surface area contributed by atoms with E-state index in [-0.39, 0.29) is 23.9 Å². The van der Waals surface area contributed by atoms with Crippen LogP contribution in [0.25, 0.3) is 11.3 Å². The molecule has 0 atom stereocenters. The van der Waals surface area contributed by atoms with Gasteiger partial charge in [0.15, 0.2) is 0 Å². The third kappa shape index (κ3) is 6.39. The number of piperidine rings is 1. The second kappa shape index (κ2) is 10.6. The molecule has 1 aliphatic rings. The average Bonchev–Trinajstić information content (AvgIpc) is 2.81. The number of amides is 1. The summed E-state index contributed by atoms with van der Waals surface area (Å²) >= 11 is 0. The summed E-state index contributed by atoms with van der Waals surface area (Å²) in [6.45, 7) is 6.82. The first-order valence-electron chi connectivity index (χ1n) is 11.5. The molecule has 0 unspecified atom stereocenters. The van der Waals surface area contributed by atoms with Gasteiger partial charge in [0.1, 0.15) is 11.6 Å². The van der Waals surface area contributed by atoms with E-state index in [0.29, 0.717) is 16.8 Å². The highest BCUT2D eigenvalue weighted by atomic mass is 19.1. The first-order valence-corrected chi connectivity index (χ1v) is 11.5. The number of pyridine rings is 1. The number of rotatable bonds is 7. The Balaban J connectivity index is 1.25. The van der Waals surface area contributed by atoms with E-state index >= 15 is 0 Å². The van der Waals surface area contributed by atoms with Gasteiger partial charge < -0.3 is 10.1 Å². The molecule has 0 bridgehead atoms. The molecule has 0 radical (unpaired) electrons. The summed E-state index contributed by atoms with van der Waals surface area (Å²) in [5, 5.41) is 3.13. The van der Waals surface area contributed by atoms with Crippen molar-refractivity contribution in [1.82, 2.24) is 15.2 Å². The van der Waals surface area contributed by atoms with Crippen LogP contribution in [0.1, 0.15) is 42.6 Å². The summed E-state index contributed by atoms with van der Waals surface area (Å²) in [5.74, 6) is 0.473. The number of halogens is 1. The van der Waals surface area contributed by atoms with Crippen molar-refractivity contribution in [2.24, 2.45) is 0 Å². The number of ether oxygens (including phenoxy) is 1. The number of carbonyl (C=O) groups is 1. The van der Waals surface area contributed by atoms with Gasteiger partial charge in [-0.1, -0.05) is 24.3 Å². The molecule has 1 aromatic heterocycles. The molecular weight excluding hydrogens is 417 g/mol. The number of benzene rings is 2. The minimum atomic E-state index is -0.306. The largest absolute Gasteiger partial charge is 0.491 e. The second-order valence-electron chi connectivity index (χ2n) is 8.78. The Kier molecular flexibility index (Phi) is 7.35. The molecule has 172 valence electrons. The molecule has 5 nitrogen and oxygen atoms in total. The Hall–Kier alpha value is -3.25.